The van der Waals surface area contributed by atoms with Gasteiger partial charge in [0.25, 0.3) is 0 Å². The summed E-state index contributed by atoms with van der Waals surface area (Å²) in [6.07, 6.45) is 5.54. The largest absolute Gasteiger partial charge is 0.352 e. The molecule has 5 nitrogen and oxygen atoms in total. The highest BCUT2D eigenvalue weighted by atomic mass is 127. The first-order chi connectivity index (χ1) is 12.7. The van der Waals surface area contributed by atoms with Crippen LogP contribution in [0.25, 0.3) is 0 Å². The first-order valence-electron chi connectivity index (χ1n) is 8.45. The van der Waals surface area contributed by atoms with Gasteiger partial charge in [-0.15, -0.1) is 24.0 Å². The predicted octanol–water partition coefficient (Wildman–Crippen LogP) is 3.55. The third-order valence-corrected chi connectivity index (χ3v) is 3.98. The van der Waals surface area contributed by atoms with Crippen LogP contribution >= 0.6 is 24.0 Å². The Morgan fingerprint density at radius 1 is 1.04 bits per heavy atom. The number of nitrogens with one attached hydrogen (secondary N) is 2. The predicted molar refractivity (Wildman–Crippen MR) is 117 cm³/mol. The fraction of sp³-hybridized carbons (Fsp3) is 0.200. The van der Waals surface area contributed by atoms with Crippen LogP contribution in [0.3, 0.4) is 0 Å². The van der Waals surface area contributed by atoms with Gasteiger partial charge in [-0.2, -0.15) is 0 Å². The van der Waals surface area contributed by atoms with Crippen LogP contribution in [0.2, 0.25) is 0 Å². The number of hydrogen-bond donors (Lipinski definition) is 2. The molecule has 0 radical (unpaired) electrons. The highest BCUT2D eigenvalue weighted by molar-refractivity contribution is 14.0. The van der Waals surface area contributed by atoms with Crippen LogP contribution in [0.15, 0.2) is 72.2 Å². The molecule has 0 fully saturated rings. The maximum Gasteiger partial charge on any atom is 0.191 e. The Morgan fingerprint density at radius 2 is 1.74 bits per heavy atom. The summed E-state index contributed by atoms with van der Waals surface area (Å²) in [5.74, 6) is 0.444. The quantitative estimate of drug-likeness (QED) is 0.323. The van der Waals surface area contributed by atoms with Gasteiger partial charge in [0.1, 0.15) is 5.82 Å². The summed E-state index contributed by atoms with van der Waals surface area (Å²) >= 11 is 0. The lowest BCUT2D eigenvalue weighted by Crippen LogP contribution is -2.36. The number of nitrogens with zero attached hydrogens (tertiary/aromatic N) is 3. The highest BCUT2D eigenvalue weighted by Crippen LogP contribution is 2.07. The average molecular weight is 479 g/mol. The molecule has 3 rings (SSSR count). The molecule has 0 aliphatic carbocycles. The summed E-state index contributed by atoms with van der Waals surface area (Å²) in [4.78, 5) is 8.25. The first kappa shape index (κ1) is 20.9. The fourth-order valence-electron chi connectivity index (χ4n) is 2.59. The van der Waals surface area contributed by atoms with Crippen LogP contribution < -0.4 is 10.6 Å². The number of rotatable bonds is 6. The van der Waals surface area contributed by atoms with E-state index in [1.54, 1.807) is 19.3 Å². The number of guanidine groups is 1. The molecule has 1 aromatic heterocycles. The third-order valence-electron chi connectivity index (χ3n) is 3.98. The number of imidazole rings is 1. The minimum Gasteiger partial charge on any atom is -0.352 e. The molecular formula is C20H23FIN5. The molecule has 0 aliphatic rings. The zero-order valence-electron chi connectivity index (χ0n) is 15.1. The third kappa shape index (κ3) is 6.67. The minimum absolute atomic E-state index is 0. The molecule has 0 saturated carbocycles. The van der Waals surface area contributed by atoms with Gasteiger partial charge in [0.2, 0.25) is 0 Å². The van der Waals surface area contributed by atoms with Crippen molar-refractivity contribution in [3.8, 4) is 0 Å². The zero-order chi connectivity index (χ0) is 18.2. The van der Waals surface area contributed by atoms with Crippen LogP contribution in [0.5, 0.6) is 0 Å². The van der Waals surface area contributed by atoms with E-state index in [0.29, 0.717) is 19.0 Å². The van der Waals surface area contributed by atoms with E-state index in [1.807, 2.05) is 23.2 Å². The second kappa shape index (κ2) is 10.7. The van der Waals surface area contributed by atoms with Gasteiger partial charge < -0.3 is 15.2 Å². The van der Waals surface area contributed by atoms with Crippen molar-refractivity contribution >= 4 is 29.9 Å². The lowest BCUT2D eigenvalue weighted by molar-refractivity contribution is 0.624. The Balaban J connectivity index is 0.00000261. The molecule has 0 aliphatic heterocycles. The molecule has 2 aromatic carbocycles. The molecule has 0 saturated heterocycles. The average Bonchev–Trinajstić information content (AvgIpc) is 3.16. The Morgan fingerprint density at radius 3 is 2.37 bits per heavy atom. The topological polar surface area (TPSA) is 54.2 Å². The van der Waals surface area contributed by atoms with Crippen molar-refractivity contribution in [1.82, 2.24) is 20.2 Å². The van der Waals surface area contributed by atoms with Crippen LogP contribution in [-0.4, -0.2) is 22.6 Å². The second-order valence-electron chi connectivity index (χ2n) is 5.96. The molecule has 142 valence electrons. The number of benzene rings is 2. The van der Waals surface area contributed by atoms with Crippen LogP contribution in [0.1, 0.15) is 16.7 Å². The molecule has 0 amide bonds. The Bertz CT molecular complexity index is 847. The van der Waals surface area contributed by atoms with Crippen molar-refractivity contribution in [1.29, 1.82) is 0 Å². The van der Waals surface area contributed by atoms with Crippen molar-refractivity contribution in [2.45, 2.75) is 19.6 Å². The Hall–Kier alpha value is -2.42. The van der Waals surface area contributed by atoms with E-state index in [9.17, 15) is 4.39 Å². The van der Waals surface area contributed by atoms with Crippen LogP contribution in [-0.2, 0) is 19.6 Å². The summed E-state index contributed by atoms with van der Waals surface area (Å²) in [5, 5.41) is 6.45. The van der Waals surface area contributed by atoms with Gasteiger partial charge in [-0.25, -0.2) is 9.37 Å². The SMILES string of the molecule is CN=C(NCc1ccc(Cn2ccnc2)cc1)NCc1cccc(F)c1.I. The van der Waals surface area contributed by atoms with Crippen molar-refractivity contribution in [3.63, 3.8) is 0 Å². The highest BCUT2D eigenvalue weighted by Gasteiger charge is 2.01. The normalized spacial score (nSPS) is 11.0. The molecular weight excluding hydrogens is 456 g/mol. The second-order valence-corrected chi connectivity index (χ2v) is 5.96. The Labute approximate surface area is 175 Å². The number of halogens is 2. The van der Waals surface area contributed by atoms with Gasteiger partial charge >= 0.3 is 0 Å². The molecule has 2 N–H and O–H groups in total. The summed E-state index contributed by atoms with van der Waals surface area (Å²) in [5.41, 5.74) is 3.25. The van der Waals surface area contributed by atoms with Gasteiger partial charge in [0.15, 0.2) is 5.96 Å². The van der Waals surface area contributed by atoms with E-state index in [0.717, 1.165) is 17.7 Å². The van der Waals surface area contributed by atoms with Crippen LogP contribution in [0.4, 0.5) is 4.39 Å². The van der Waals surface area contributed by atoms with Crippen molar-refractivity contribution < 1.29 is 4.39 Å². The van der Waals surface area contributed by atoms with Gasteiger partial charge in [-0.1, -0.05) is 36.4 Å². The smallest absolute Gasteiger partial charge is 0.191 e. The molecule has 7 heteroatoms. The molecule has 27 heavy (non-hydrogen) atoms. The van der Waals surface area contributed by atoms with E-state index in [4.69, 9.17) is 0 Å². The minimum atomic E-state index is -0.233. The maximum atomic E-state index is 13.2. The molecule has 0 spiro atoms. The summed E-state index contributed by atoms with van der Waals surface area (Å²) in [6.45, 7) is 1.99. The van der Waals surface area contributed by atoms with E-state index in [2.05, 4.69) is 44.9 Å². The Kier molecular flexibility index (Phi) is 8.25. The maximum absolute atomic E-state index is 13.2. The first-order valence-corrected chi connectivity index (χ1v) is 8.45. The summed E-state index contributed by atoms with van der Waals surface area (Å²) in [6, 6.07) is 14.9. The van der Waals surface area contributed by atoms with Gasteiger partial charge in [-0.05, 0) is 28.8 Å². The van der Waals surface area contributed by atoms with Gasteiger partial charge in [0.05, 0.1) is 6.33 Å². The van der Waals surface area contributed by atoms with E-state index in [-0.39, 0.29) is 29.8 Å². The molecule has 1 heterocycles. The molecule has 0 unspecified atom stereocenters. The van der Waals surface area contributed by atoms with Crippen LogP contribution in [0, 0.1) is 5.82 Å². The van der Waals surface area contributed by atoms with Crippen molar-refractivity contribution in [3.05, 3.63) is 89.8 Å². The summed E-state index contributed by atoms with van der Waals surface area (Å²) < 4.78 is 15.2. The standard InChI is InChI=1S/C20H22FN5.HI/c1-22-20(25-13-18-3-2-4-19(21)11-18)24-12-16-5-7-17(8-6-16)14-26-10-9-23-15-26;/h2-11,15H,12-14H2,1H3,(H2,22,24,25);1H. The monoisotopic (exact) mass is 479 g/mol. The van der Waals surface area contributed by atoms with Crippen molar-refractivity contribution in [2.24, 2.45) is 4.99 Å². The molecule has 3 aromatic rings. The van der Waals surface area contributed by atoms with Crippen molar-refractivity contribution in [2.75, 3.05) is 7.05 Å². The van der Waals surface area contributed by atoms with E-state index in [1.165, 1.54) is 17.7 Å². The van der Waals surface area contributed by atoms with E-state index >= 15 is 0 Å². The fourth-order valence-corrected chi connectivity index (χ4v) is 2.59. The number of hydrogen-bond acceptors (Lipinski definition) is 2. The number of aliphatic imine (C=N–C) groups is 1. The zero-order valence-corrected chi connectivity index (χ0v) is 17.4. The van der Waals surface area contributed by atoms with Gasteiger partial charge in [0, 0.05) is 39.1 Å². The molecule has 0 bridgehead atoms. The summed E-state index contributed by atoms with van der Waals surface area (Å²) in [7, 11) is 1.72. The van der Waals surface area contributed by atoms with E-state index < -0.39 is 0 Å². The lowest BCUT2D eigenvalue weighted by Gasteiger charge is -2.12. The lowest BCUT2D eigenvalue weighted by atomic mass is 10.1. The van der Waals surface area contributed by atoms with Gasteiger partial charge in [-0.3, -0.25) is 4.99 Å². The number of aromatic nitrogens is 2. The molecule has 0 atom stereocenters.